The Morgan fingerprint density at radius 1 is 0.793 bits per heavy atom. The van der Waals surface area contributed by atoms with Crippen LogP contribution in [0.2, 0.25) is 0 Å². The summed E-state index contributed by atoms with van der Waals surface area (Å²) in [6, 6.07) is 7.78. The second-order valence-electron chi connectivity index (χ2n) is 6.67. The van der Waals surface area contributed by atoms with Crippen LogP contribution in [-0.2, 0) is 23.3 Å². The molecule has 9 heteroatoms. The molecule has 0 saturated heterocycles. The first-order valence-corrected chi connectivity index (χ1v) is 8.00. The maximum absolute atomic E-state index is 13.2. The van der Waals surface area contributed by atoms with E-state index in [-0.39, 0.29) is 22.3 Å². The fourth-order valence-electron chi connectivity index (χ4n) is 3.58. The van der Waals surface area contributed by atoms with Gasteiger partial charge < -0.3 is 4.85 Å². The Bertz CT molecular complexity index is 1130. The van der Waals surface area contributed by atoms with Crippen molar-refractivity contribution in [1.29, 1.82) is 10.5 Å². The first-order valence-electron chi connectivity index (χ1n) is 8.00. The third-order valence-corrected chi connectivity index (χ3v) is 5.11. The van der Waals surface area contributed by atoms with Gasteiger partial charge in [-0.15, -0.1) is 0 Å². The number of hydrogen-bond acceptors (Lipinski definition) is 2. The largest absolute Gasteiger partial charge is 0.416 e. The molecule has 1 aliphatic rings. The first kappa shape index (κ1) is 20.2. The van der Waals surface area contributed by atoms with Gasteiger partial charge in [-0.2, -0.15) is 36.9 Å². The Kier molecular flexibility index (Phi) is 4.18. The van der Waals surface area contributed by atoms with E-state index in [0.717, 1.165) is 12.1 Å². The molecule has 1 unspecified atom stereocenters. The Morgan fingerprint density at radius 2 is 1.24 bits per heavy atom. The predicted octanol–water partition coefficient (Wildman–Crippen LogP) is 5.55. The summed E-state index contributed by atoms with van der Waals surface area (Å²) in [5.41, 5.74) is -7.27. The molecule has 1 aliphatic carbocycles. The van der Waals surface area contributed by atoms with Crippen molar-refractivity contribution in [3.05, 3.63) is 81.2 Å². The topological polar surface area (TPSA) is 51.9 Å². The maximum Gasteiger partial charge on any atom is 0.416 e. The minimum Gasteiger partial charge on any atom is -0.300 e. The number of nitrogens with zero attached hydrogens (tertiary/aromatic N) is 3. The van der Waals surface area contributed by atoms with E-state index in [1.807, 2.05) is 0 Å². The average Bonchev–Trinajstić information content (AvgIpc) is 2.67. The van der Waals surface area contributed by atoms with Crippen LogP contribution in [0.4, 0.5) is 26.3 Å². The van der Waals surface area contributed by atoms with Crippen LogP contribution in [0.3, 0.4) is 0 Å². The van der Waals surface area contributed by atoms with Crippen molar-refractivity contribution < 1.29 is 26.3 Å². The van der Waals surface area contributed by atoms with Crippen LogP contribution in [0, 0.1) is 29.2 Å². The van der Waals surface area contributed by atoms with Gasteiger partial charge in [0.05, 0.1) is 23.3 Å². The molecule has 0 aromatic heterocycles. The number of benzene rings is 2. The Hall–Kier alpha value is -3.51. The van der Waals surface area contributed by atoms with Crippen molar-refractivity contribution in [2.45, 2.75) is 30.2 Å². The summed E-state index contributed by atoms with van der Waals surface area (Å²) in [6.45, 7) is 8.81. The molecule has 29 heavy (non-hydrogen) atoms. The SMILES string of the molecule is [C-]#[N+]C1(C)c2ccc(C(F)(F)F)cc2C(C#N)(C#N)c2ccc(C(F)(F)F)cc21. The van der Waals surface area contributed by atoms with Gasteiger partial charge in [0, 0.05) is 29.2 Å². The first-order chi connectivity index (χ1) is 13.3. The molecule has 0 radical (unpaired) electrons. The van der Waals surface area contributed by atoms with Crippen molar-refractivity contribution in [2.24, 2.45) is 0 Å². The highest BCUT2D eigenvalue weighted by atomic mass is 19.4. The Balaban J connectivity index is 2.49. The molecule has 0 bridgehead atoms. The van der Waals surface area contributed by atoms with Crippen molar-refractivity contribution in [1.82, 2.24) is 0 Å². The second-order valence-corrected chi connectivity index (χ2v) is 6.67. The second kappa shape index (κ2) is 5.99. The summed E-state index contributed by atoms with van der Waals surface area (Å²) in [5.74, 6) is 0. The summed E-state index contributed by atoms with van der Waals surface area (Å²) in [7, 11) is 0. The highest BCUT2D eigenvalue weighted by Gasteiger charge is 2.55. The third-order valence-electron chi connectivity index (χ3n) is 5.11. The van der Waals surface area contributed by atoms with E-state index < -0.39 is 34.4 Å². The molecule has 2 aromatic carbocycles. The van der Waals surface area contributed by atoms with E-state index >= 15 is 0 Å². The van der Waals surface area contributed by atoms with Gasteiger partial charge in [0.1, 0.15) is 0 Å². The smallest absolute Gasteiger partial charge is 0.300 e. The summed E-state index contributed by atoms with van der Waals surface area (Å²) in [6.07, 6.45) is -9.53. The molecule has 1 atom stereocenters. The zero-order chi connectivity index (χ0) is 21.8. The fourth-order valence-corrected chi connectivity index (χ4v) is 3.58. The molecule has 2 aromatic rings. The lowest BCUT2D eigenvalue weighted by Crippen LogP contribution is -2.39. The van der Waals surface area contributed by atoms with Gasteiger partial charge in [-0.1, -0.05) is 6.07 Å². The standard InChI is InChI=1S/C20H9F6N3/c1-17(29-2)13-5-3-12(20(24,25)26)8-16(13)18(9-27,10-28)14-6-4-11(7-15(14)17)19(21,22)23/h3-8H,1H3. The van der Waals surface area contributed by atoms with Gasteiger partial charge in [-0.3, -0.25) is 0 Å². The zero-order valence-corrected chi connectivity index (χ0v) is 14.6. The van der Waals surface area contributed by atoms with E-state index in [0.29, 0.717) is 24.3 Å². The number of nitriles is 2. The number of alkyl halides is 6. The number of fused-ring (bicyclic) bond motifs is 2. The molecule has 0 fully saturated rings. The fraction of sp³-hybridized carbons (Fsp3) is 0.250. The number of hydrogen-bond donors (Lipinski definition) is 0. The monoisotopic (exact) mass is 405 g/mol. The highest BCUT2D eigenvalue weighted by Crippen LogP contribution is 2.52. The van der Waals surface area contributed by atoms with Gasteiger partial charge in [0.2, 0.25) is 0 Å². The van der Waals surface area contributed by atoms with Gasteiger partial charge in [0.15, 0.2) is 5.41 Å². The highest BCUT2D eigenvalue weighted by molar-refractivity contribution is 5.68. The van der Waals surface area contributed by atoms with E-state index in [1.54, 1.807) is 12.1 Å². The quantitative estimate of drug-likeness (QED) is 0.426. The molecule has 0 N–H and O–H groups in total. The molecule has 0 aliphatic heterocycles. The molecular weight excluding hydrogens is 396 g/mol. The van der Waals surface area contributed by atoms with Crippen LogP contribution in [0.5, 0.6) is 0 Å². The Labute approximate surface area is 161 Å². The van der Waals surface area contributed by atoms with Crippen LogP contribution in [0.15, 0.2) is 36.4 Å². The van der Waals surface area contributed by atoms with Gasteiger partial charge in [-0.05, 0) is 30.3 Å². The lowest BCUT2D eigenvalue weighted by Gasteiger charge is -2.36. The van der Waals surface area contributed by atoms with Gasteiger partial charge >= 0.3 is 12.4 Å². The minimum atomic E-state index is -4.78. The molecule has 0 saturated carbocycles. The van der Waals surface area contributed by atoms with Gasteiger partial charge in [-0.25, -0.2) is 6.57 Å². The minimum absolute atomic E-state index is 0.115. The van der Waals surface area contributed by atoms with Crippen molar-refractivity contribution in [3.63, 3.8) is 0 Å². The lowest BCUT2D eigenvalue weighted by atomic mass is 9.62. The van der Waals surface area contributed by atoms with Gasteiger partial charge in [0.25, 0.3) is 5.54 Å². The molecule has 3 rings (SSSR count). The van der Waals surface area contributed by atoms with Crippen LogP contribution < -0.4 is 0 Å². The predicted molar refractivity (Wildman–Crippen MR) is 88.0 cm³/mol. The maximum atomic E-state index is 13.2. The third kappa shape index (κ3) is 2.72. The summed E-state index contributed by atoms with van der Waals surface area (Å²) in [4.78, 5) is 3.39. The van der Waals surface area contributed by atoms with E-state index in [1.165, 1.54) is 6.92 Å². The summed E-state index contributed by atoms with van der Waals surface area (Å²) >= 11 is 0. The molecule has 0 heterocycles. The van der Waals surface area contributed by atoms with Crippen molar-refractivity contribution >= 4 is 0 Å². The number of halogens is 6. The molecule has 0 amide bonds. The summed E-state index contributed by atoms with van der Waals surface area (Å²) in [5, 5.41) is 19.5. The Morgan fingerprint density at radius 3 is 1.66 bits per heavy atom. The molecular formula is C20H9F6N3. The van der Waals surface area contributed by atoms with Crippen LogP contribution in [0.1, 0.15) is 40.3 Å². The molecule has 3 nitrogen and oxygen atoms in total. The van der Waals surface area contributed by atoms with Crippen molar-refractivity contribution in [2.75, 3.05) is 0 Å². The molecule has 146 valence electrons. The van der Waals surface area contributed by atoms with Crippen molar-refractivity contribution in [3.8, 4) is 12.1 Å². The summed E-state index contributed by atoms with van der Waals surface area (Å²) < 4.78 is 79.3. The average molecular weight is 405 g/mol. The van der Waals surface area contributed by atoms with Crippen LogP contribution >= 0.6 is 0 Å². The van der Waals surface area contributed by atoms with Crippen LogP contribution in [-0.4, -0.2) is 0 Å². The lowest BCUT2D eigenvalue weighted by molar-refractivity contribution is -0.138. The van der Waals surface area contributed by atoms with E-state index in [2.05, 4.69) is 4.85 Å². The van der Waals surface area contributed by atoms with Crippen LogP contribution in [0.25, 0.3) is 4.85 Å². The molecule has 0 spiro atoms. The zero-order valence-electron chi connectivity index (χ0n) is 14.6. The van der Waals surface area contributed by atoms with E-state index in [9.17, 15) is 36.9 Å². The number of rotatable bonds is 0. The van der Waals surface area contributed by atoms with E-state index in [4.69, 9.17) is 6.57 Å². The normalized spacial score (nSPS) is 19.9.